The van der Waals surface area contributed by atoms with E-state index in [4.69, 9.17) is 10.2 Å². The molecule has 4 N–H and O–H groups in total. The van der Waals surface area contributed by atoms with E-state index in [1.165, 1.54) is 4.57 Å². The molecule has 0 fully saturated rings. The molecule has 2 aromatic rings. The van der Waals surface area contributed by atoms with Crippen molar-refractivity contribution in [1.82, 2.24) is 9.55 Å². The molecule has 2 heterocycles. The van der Waals surface area contributed by atoms with Crippen LogP contribution in [0.4, 0.5) is 11.5 Å². The molecule has 2 rings (SSSR count). The van der Waals surface area contributed by atoms with Crippen molar-refractivity contribution < 1.29 is 4.42 Å². The SMILES string of the molecule is CCn1c(N)c(NC(C)c2ccc(C)o2)c(=O)[nH]c1=O. The summed E-state index contributed by atoms with van der Waals surface area (Å²) in [7, 11) is 0. The Bertz CT molecular complexity index is 726. The number of anilines is 2. The fourth-order valence-corrected chi connectivity index (χ4v) is 2.02. The van der Waals surface area contributed by atoms with Crippen molar-refractivity contribution in [3.05, 3.63) is 44.5 Å². The highest BCUT2D eigenvalue weighted by Crippen LogP contribution is 2.21. The second-order valence-electron chi connectivity index (χ2n) is 4.58. The smallest absolute Gasteiger partial charge is 0.330 e. The Morgan fingerprint density at radius 2 is 2.15 bits per heavy atom. The molecule has 0 aliphatic carbocycles. The van der Waals surface area contributed by atoms with Crippen LogP contribution < -0.4 is 22.3 Å². The molecule has 0 aliphatic heterocycles. The first-order chi connectivity index (χ1) is 9.43. The second-order valence-corrected chi connectivity index (χ2v) is 4.58. The minimum atomic E-state index is -0.535. The molecule has 1 atom stereocenters. The minimum Gasteiger partial charge on any atom is -0.464 e. The number of hydrogen-bond acceptors (Lipinski definition) is 5. The summed E-state index contributed by atoms with van der Waals surface area (Å²) in [5.41, 5.74) is 5.00. The summed E-state index contributed by atoms with van der Waals surface area (Å²) in [6.45, 7) is 5.84. The molecule has 0 saturated carbocycles. The normalized spacial score (nSPS) is 12.3. The Kier molecular flexibility index (Phi) is 3.69. The second kappa shape index (κ2) is 5.28. The third kappa shape index (κ3) is 2.47. The van der Waals surface area contributed by atoms with Crippen molar-refractivity contribution in [1.29, 1.82) is 0 Å². The predicted octanol–water partition coefficient (Wildman–Crippen LogP) is 1.21. The lowest BCUT2D eigenvalue weighted by Crippen LogP contribution is -2.34. The molecule has 0 radical (unpaired) electrons. The summed E-state index contributed by atoms with van der Waals surface area (Å²) in [4.78, 5) is 25.7. The number of furan rings is 1. The quantitative estimate of drug-likeness (QED) is 0.779. The number of H-pyrrole nitrogens is 1. The van der Waals surface area contributed by atoms with Gasteiger partial charge in [0, 0.05) is 6.54 Å². The topological polar surface area (TPSA) is 106 Å². The Morgan fingerprint density at radius 3 is 2.70 bits per heavy atom. The maximum atomic E-state index is 11.9. The molecule has 7 heteroatoms. The van der Waals surface area contributed by atoms with Gasteiger partial charge >= 0.3 is 5.69 Å². The van der Waals surface area contributed by atoms with Gasteiger partial charge in [-0.15, -0.1) is 0 Å². The first kappa shape index (κ1) is 14.0. The summed E-state index contributed by atoms with van der Waals surface area (Å²) in [6.07, 6.45) is 0. The van der Waals surface area contributed by atoms with Gasteiger partial charge in [-0.3, -0.25) is 14.3 Å². The van der Waals surface area contributed by atoms with Crippen LogP contribution in [0.1, 0.15) is 31.4 Å². The number of aryl methyl sites for hydroxylation is 1. The van der Waals surface area contributed by atoms with Crippen LogP contribution >= 0.6 is 0 Å². The van der Waals surface area contributed by atoms with Crippen LogP contribution in [-0.2, 0) is 6.54 Å². The maximum absolute atomic E-state index is 11.9. The Balaban J connectivity index is 2.39. The zero-order valence-corrected chi connectivity index (χ0v) is 11.7. The van der Waals surface area contributed by atoms with Crippen LogP contribution in [0.2, 0.25) is 0 Å². The van der Waals surface area contributed by atoms with Gasteiger partial charge < -0.3 is 15.5 Å². The highest BCUT2D eigenvalue weighted by atomic mass is 16.3. The first-order valence-electron chi connectivity index (χ1n) is 6.39. The number of rotatable bonds is 4. The zero-order valence-electron chi connectivity index (χ0n) is 11.7. The van der Waals surface area contributed by atoms with Crippen LogP contribution in [0.5, 0.6) is 0 Å². The lowest BCUT2D eigenvalue weighted by molar-refractivity contribution is 0.466. The average Bonchev–Trinajstić information content (AvgIpc) is 2.81. The monoisotopic (exact) mass is 278 g/mol. The zero-order chi connectivity index (χ0) is 14.9. The molecule has 0 aromatic carbocycles. The lowest BCUT2D eigenvalue weighted by atomic mass is 10.2. The number of aromatic nitrogens is 2. The molecule has 0 aliphatic rings. The van der Waals surface area contributed by atoms with Crippen LogP contribution in [0.3, 0.4) is 0 Å². The van der Waals surface area contributed by atoms with Crippen LogP contribution in [-0.4, -0.2) is 9.55 Å². The first-order valence-corrected chi connectivity index (χ1v) is 6.39. The van der Waals surface area contributed by atoms with Crippen molar-refractivity contribution >= 4 is 11.5 Å². The molecule has 1 unspecified atom stereocenters. The van der Waals surface area contributed by atoms with E-state index in [9.17, 15) is 9.59 Å². The third-order valence-electron chi connectivity index (χ3n) is 3.10. The highest BCUT2D eigenvalue weighted by Gasteiger charge is 2.16. The number of aromatic amines is 1. The number of nitrogens with zero attached hydrogens (tertiary/aromatic N) is 1. The van der Waals surface area contributed by atoms with Crippen LogP contribution in [0, 0.1) is 6.92 Å². The van der Waals surface area contributed by atoms with E-state index in [0.29, 0.717) is 12.3 Å². The van der Waals surface area contributed by atoms with Gasteiger partial charge in [0.1, 0.15) is 23.0 Å². The van der Waals surface area contributed by atoms with Gasteiger partial charge in [-0.1, -0.05) is 0 Å². The van der Waals surface area contributed by atoms with E-state index in [2.05, 4.69) is 10.3 Å². The molecule has 0 bridgehead atoms. The third-order valence-corrected chi connectivity index (χ3v) is 3.10. The summed E-state index contributed by atoms with van der Waals surface area (Å²) >= 11 is 0. The van der Waals surface area contributed by atoms with Crippen molar-refractivity contribution in [2.45, 2.75) is 33.4 Å². The van der Waals surface area contributed by atoms with Crippen LogP contribution in [0.15, 0.2) is 26.1 Å². The van der Waals surface area contributed by atoms with Gasteiger partial charge in [-0.05, 0) is 32.9 Å². The van der Waals surface area contributed by atoms with Gasteiger partial charge in [-0.2, -0.15) is 0 Å². The number of nitrogen functional groups attached to an aromatic ring is 1. The van der Waals surface area contributed by atoms with E-state index < -0.39 is 11.2 Å². The van der Waals surface area contributed by atoms with E-state index in [-0.39, 0.29) is 17.5 Å². The van der Waals surface area contributed by atoms with Gasteiger partial charge in [-0.25, -0.2) is 4.79 Å². The standard InChI is InChI=1S/C13H18N4O3/c1-4-17-11(14)10(12(18)16-13(17)19)15-8(3)9-6-5-7(2)20-9/h5-6,8,15H,4,14H2,1-3H3,(H,16,18,19). The van der Waals surface area contributed by atoms with Crippen LogP contribution in [0.25, 0.3) is 0 Å². The predicted molar refractivity (Wildman–Crippen MR) is 76.9 cm³/mol. The van der Waals surface area contributed by atoms with Gasteiger partial charge in [0.15, 0.2) is 0 Å². The molecular weight excluding hydrogens is 260 g/mol. The Labute approximate surface area is 115 Å². The van der Waals surface area contributed by atoms with Gasteiger partial charge in [0.2, 0.25) is 0 Å². The van der Waals surface area contributed by atoms with E-state index >= 15 is 0 Å². The molecule has 20 heavy (non-hydrogen) atoms. The molecule has 0 spiro atoms. The van der Waals surface area contributed by atoms with Gasteiger partial charge in [0.25, 0.3) is 5.56 Å². The number of nitrogens with one attached hydrogen (secondary N) is 2. The fraction of sp³-hybridized carbons (Fsp3) is 0.385. The lowest BCUT2D eigenvalue weighted by Gasteiger charge is -2.16. The minimum absolute atomic E-state index is 0.122. The van der Waals surface area contributed by atoms with Crippen molar-refractivity contribution in [2.75, 3.05) is 11.1 Å². The van der Waals surface area contributed by atoms with E-state index in [1.807, 2.05) is 26.0 Å². The van der Waals surface area contributed by atoms with Crippen molar-refractivity contribution in [3.63, 3.8) is 0 Å². The average molecular weight is 278 g/mol. The summed E-state index contributed by atoms with van der Waals surface area (Å²) in [5, 5.41) is 2.99. The molecule has 2 aromatic heterocycles. The van der Waals surface area contributed by atoms with Crippen molar-refractivity contribution in [3.8, 4) is 0 Å². The maximum Gasteiger partial charge on any atom is 0.330 e. The number of nitrogens with two attached hydrogens (primary N) is 1. The molecule has 0 saturated heterocycles. The molecular formula is C13H18N4O3. The highest BCUT2D eigenvalue weighted by molar-refractivity contribution is 5.61. The molecule has 0 amide bonds. The number of hydrogen-bond donors (Lipinski definition) is 3. The van der Waals surface area contributed by atoms with Crippen molar-refractivity contribution in [2.24, 2.45) is 0 Å². The molecule has 7 nitrogen and oxygen atoms in total. The summed E-state index contributed by atoms with van der Waals surface area (Å²) < 4.78 is 6.79. The van der Waals surface area contributed by atoms with Gasteiger partial charge in [0.05, 0.1) is 6.04 Å². The summed E-state index contributed by atoms with van der Waals surface area (Å²) in [5.74, 6) is 1.60. The van der Waals surface area contributed by atoms with E-state index in [0.717, 1.165) is 5.76 Å². The molecule has 108 valence electrons. The van der Waals surface area contributed by atoms with E-state index in [1.54, 1.807) is 6.92 Å². The Morgan fingerprint density at radius 1 is 1.45 bits per heavy atom. The Hall–Kier alpha value is -2.44. The largest absolute Gasteiger partial charge is 0.464 e. The summed E-state index contributed by atoms with van der Waals surface area (Å²) in [6, 6.07) is 3.43. The fourth-order valence-electron chi connectivity index (χ4n) is 2.02.